The number of amides is 1. The molecular weight excluding hydrogens is 236 g/mol. The number of carbonyl (C=O) groups excluding carboxylic acids is 1. The Hall–Kier alpha value is -0.260. The number of hydrogen-bond donors (Lipinski definition) is 2. The fraction of sp³-hybridized carbons (Fsp3) is 0.917. The van der Waals surface area contributed by atoms with Gasteiger partial charge < -0.3 is 15.4 Å². The largest absolute Gasteiger partial charge is 0.378 e. The van der Waals surface area contributed by atoms with Crippen LogP contribution in [0.15, 0.2) is 0 Å². The van der Waals surface area contributed by atoms with Crippen LogP contribution >= 0.6 is 11.8 Å². The van der Waals surface area contributed by atoms with Gasteiger partial charge in [0.2, 0.25) is 5.91 Å². The van der Waals surface area contributed by atoms with E-state index in [0.29, 0.717) is 24.5 Å². The third-order valence-electron chi connectivity index (χ3n) is 3.40. The lowest BCUT2D eigenvalue weighted by Crippen LogP contribution is -2.54. The molecule has 5 heteroatoms. The van der Waals surface area contributed by atoms with Crippen LogP contribution in [0.3, 0.4) is 0 Å². The molecule has 1 saturated carbocycles. The van der Waals surface area contributed by atoms with Crippen LogP contribution in [-0.2, 0) is 9.53 Å². The zero-order valence-electron chi connectivity index (χ0n) is 10.4. The lowest BCUT2D eigenvalue weighted by atomic mass is 10.2. The Balaban J connectivity index is 1.80. The molecule has 1 amide bonds. The van der Waals surface area contributed by atoms with Crippen molar-refractivity contribution in [2.24, 2.45) is 0 Å². The summed E-state index contributed by atoms with van der Waals surface area (Å²) in [5.41, 5.74) is 0. The summed E-state index contributed by atoms with van der Waals surface area (Å²) >= 11 is 1.97. The van der Waals surface area contributed by atoms with Crippen molar-refractivity contribution in [3.05, 3.63) is 0 Å². The first-order chi connectivity index (χ1) is 8.31. The van der Waals surface area contributed by atoms with Crippen LogP contribution in [0.4, 0.5) is 0 Å². The Morgan fingerprint density at radius 3 is 3.12 bits per heavy atom. The smallest absolute Gasteiger partial charge is 0.239 e. The Bertz CT molecular complexity index is 257. The molecule has 0 radical (unpaired) electrons. The first-order valence-electron chi connectivity index (χ1n) is 6.54. The minimum absolute atomic E-state index is 0.110. The highest BCUT2D eigenvalue weighted by Gasteiger charge is 2.31. The number of nitrogens with one attached hydrogen (secondary N) is 2. The van der Waals surface area contributed by atoms with Gasteiger partial charge in [-0.15, -0.1) is 0 Å². The molecular formula is C12H22N2O2S. The average Bonchev–Trinajstić information content (AvgIpc) is 2.78. The molecule has 1 aliphatic heterocycles. The van der Waals surface area contributed by atoms with E-state index in [4.69, 9.17) is 4.74 Å². The fourth-order valence-electron chi connectivity index (χ4n) is 2.52. The van der Waals surface area contributed by atoms with Crippen LogP contribution in [0.25, 0.3) is 0 Å². The highest BCUT2D eigenvalue weighted by molar-refractivity contribution is 7.99. The van der Waals surface area contributed by atoms with E-state index in [1.807, 2.05) is 11.8 Å². The monoisotopic (exact) mass is 258 g/mol. The SMILES string of the molecule is CCSC1CCCC1NC(=O)C1COCCN1. The van der Waals surface area contributed by atoms with Gasteiger partial charge in [0, 0.05) is 17.8 Å². The molecule has 2 N–H and O–H groups in total. The Labute approximate surface area is 107 Å². The number of rotatable bonds is 4. The third-order valence-corrected chi connectivity index (χ3v) is 4.72. The maximum Gasteiger partial charge on any atom is 0.239 e. The van der Waals surface area contributed by atoms with Gasteiger partial charge in [-0.05, 0) is 18.6 Å². The summed E-state index contributed by atoms with van der Waals surface area (Å²) in [5.74, 6) is 1.24. The normalized spacial score (nSPS) is 33.6. The lowest BCUT2D eigenvalue weighted by molar-refractivity contribution is -0.126. The molecule has 3 unspecified atom stereocenters. The predicted molar refractivity (Wildman–Crippen MR) is 70.3 cm³/mol. The summed E-state index contributed by atoms with van der Waals surface area (Å²) in [7, 11) is 0. The molecule has 3 atom stereocenters. The Morgan fingerprint density at radius 1 is 1.53 bits per heavy atom. The van der Waals surface area contributed by atoms with Gasteiger partial charge in [0.05, 0.1) is 13.2 Å². The number of hydrogen-bond acceptors (Lipinski definition) is 4. The van der Waals surface area contributed by atoms with Crippen LogP contribution in [0.5, 0.6) is 0 Å². The molecule has 0 aromatic heterocycles. The summed E-state index contributed by atoms with van der Waals surface area (Å²) in [6, 6.07) is 0.202. The van der Waals surface area contributed by atoms with Gasteiger partial charge in [0.15, 0.2) is 0 Å². The molecule has 0 bridgehead atoms. The molecule has 1 aliphatic carbocycles. The first kappa shape index (κ1) is 13.2. The average molecular weight is 258 g/mol. The van der Waals surface area contributed by atoms with E-state index in [9.17, 15) is 4.79 Å². The number of carbonyl (C=O) groups is 1. The molecule has 0 aromatic rings. The first-order valence-corrected chi connectivity index (χ1v) is 7.59. The van der Waals surface area contributed by atoms with Crippen molar-refractivity contribution in [3.63, 3.8) is 0 Å². The van der Waals surface area contributed by atoms with E-state index in [1.165, 1.54) is 12.8 Å². The summed E-state index contributed by atoms with van der Waals surface area (Å²) in [6.45, 7) is 4.17. The molecule has 98 valence electrons. The Morgan fingerprint density at radius 2 is 2.41 bits per heavy atom. The van der Waals surface area contributed by atoms with Crippen molar-refractivity contribution in [3.8, 4) is 0 Å². The standard InChI is InChI=1S/C12H22N2O2S/c1-2-17-11-5-3-4-9(11)14-12(15)10-8-16-7-6-13-10/h9-11,13H,2-8H2,1H3,(H,14,15). The third kappa shape index (κ3) is 3.60. The second-order valence-corrected chi connectivity index (χ2v) is 6.14. The second kappa shape index (κ2) is 6.61. The van der Waals surface area contributed by atoms with Crippen LogP contribution < -0.4 is 10.6 Å². The second-order valence-electron chi connectivity index (χ2n) is 4.62. The van der Waals surface area contributed by atoms with Crippen molar-refractivity contribution in [2.75, 3.05) is 25.5 Å². The van der Waals surface area contributed by atoms with E-state index < -0.39 is 0 Å². The molecule has 17 heavy (non-hydrogen) atoms. The predicted octanol–water partition coefficient (Wildman–Crippen LogP) is 0.765. The van der Waals surface area contributed by atoms with E-state index in [1.54, 1.807) is 0 Å². The van der Waals surface area contributed by atoms with Crippen molar-refractivity contribution < 1.29 is 9.53 Å². The van der Waals surface area contributed by atoms with Crippen LogP contribution in [0.2, 0.25) is 0 Å². The van der Waals surface area contributed by atoms with Crippen molar-refractivity contribution >= 4 is 17.7 Å². The molecule has 2 aliphatic rings. The van der Waals surface area contributed by atoms with E-state index in [0.717, 1.165) is 18.7 Å². The quantitative estimate of drug-likeness (QED) is 0.782. The van der Waals surface area contributed by atoms with Crippen LogP contribution in [0.1, 0.15) is 26.2 Å². The molecule has 1 heterocycles. The van der Waals surface area contributed by atoms with Gasteiger partial charge >= 0.3 is 0 Å². The van der Waals surface area contributed by atoms with Crippen molar-refractivity contribution in [1.29, 1.82) is 0 Å². The molecule has 0 spiro atoms. The van der Waals surface area contributed by atoms with Crippen molar-refractivity contribution in [1.82, 2.24) is 10.6 Å². The number of morpholine rings is 1. The minimum atomic E-state index is -0.156. The Kier molecular flexibility index (Phi) is 5.13. The fourth-order valence-corrected chi connectivity index (χ4v) is 3.72. The van der Waals surface area contributed by atoms with E-state index >= 15 is 0 Å². The topological polar surface area (TPSA) is 50.4 Å². The summed E-state index contributed by atoms with van der Waals surface area (Å²) < 4.78 is 5.31. The molecule has 4 nitrogen and oxygen atoms in total. The zero-order chi connectivity index (χ0) is 12.1. The van der Waals surface area contributed by atoms with E-state index in [-0.39, 0.29) is 11.9 Å². The molecule has 0 aromatic carbocycles. The summed E-state index contributed by atoms with van der Waals surface area (Å²) in [5, 5.41) is 6.98. The van der Waals surface area contributed by atoms with Gasteiger partial charge in [-0.25, -0.2) is 0 Å². The molecule has 2 fully saturated rings. The summed E-state index contributed by atoms with van der Waals surface area (Å²) in [6.07, 6.45) is 3.59. The highest BCUT2D eigenvalue weighted by atomic mass is 32.2. The van der Waals surface area contributed by atoms with E-state index in [2.05, 4.69) is 17.6 Å². The maximum atomic E-state index is 12.0. The zero-order valence-corrected chi connectivity index (χ0v) is 11.2. The number of thioether (sulfide) groups is 1. The minimum Gasteiger partial charge on any atom is -0.378 e. The number of ether oxygens (including phenoxy) is 1. The lowest BCUT2D eigenvalue weighted by Gasteiger charge is -2.26. The van der Waals surface area contributed by atoms with Crippen LogP contribution in [-0.4, -0.2) is 48.8 Å². The molecule has 2 rings (SSSR count). The molecule has 1 saturated heterocycles. The van der Waals surface area contributed by atoms with Gasteiger partial charge in [-0.1, -0.05) is 13.3 Å². The van der Waals surface area contributed by atoms with Gasteiger partial charge in [0.25, 0.3) is 0 Å². The van der Waals surface area contributed by atoms with Gasteiger partial charge in [-0.2, -0.15) is 11.8 Å². The highest BCUT2D eigenvalue weighted by Crippen LogP contribution is 2.29. The summed E-state index contributed by atoms with van der Waals surface area (Å²) in [4.78, 5) is 12.0. The van der Waals surface area contributed by atoms with Gasteiger partial charge in [0.1, 0.15) is 6.04 Å². The van der Waals surface area contributed by atoms with Crippen LogP contribution in [0, 0.1) is 0 Å². The van der Waals surface area contributed by atoms with Crippen molar-refractivity contribution in [2.45, 2.75) is 43.5 Å². The van der Waals surface area contributed by atoms with Gasteiger partial charge in [-0.3, -0.25) is 4.79 Å². The maximum absolute atomic E-state index is 12.0.